The summed E-state index contributed by atoms with van der Waals surface area (Å²) in [7, 11) is 3.96. The van der Waals surface area contributed by atoms with Crippen LogP contribution in [0.1, 0.15) is 27.2 Å². The summed E-state index contributed by atoms with van der Waals surface area (Å²) in [5.74, 6) is -2.58. The largest absolute Gasteiger partial charge is 0.508 e. The minimum Gasteiger partial charge on any atom is -0.508 e. The van der Waals surface area contributed by atoms with E-state index in [9.17, 15) is 23.1 Å². The normalized spacial score (nSPS) is 16.5. The lowest BCUT2D eigenvalue weighted by molar-refractivity contribution is -0.192. The number of carboxylic acids is 1. The van der Waals surface area contributed by atoms with Crippen LogP contribution in [0, 0.1) is 0 Å². The zero-order valence-corrected chi connectivity index (χ0v) is 17.2. The molecule has 2 aliphatic rings. The predicted molar refractivity (Wildman–Crippen MR) is 112 cm³/mol. The Kier molecular flexibility index (Phi) is 6.24. The third kappa shape index (κ3) is 4.74. The number of carbonyl (C=O) groups excluding carboxylic acids is 1. The summed E-state index contributed by atoms with van der Waals surface area (Å²) in [5.41, 5.74) is 5.43. The van der Waals surface area contributed by atoms with Gasteiger partial charge in [-0.1, -0.05) is 12.1 Å². The van der Waals surface area contributed by atoms with Gasteiger partial charge in [-0.15, -0.1) is 0 Å². The highest BCUT2D eigenvalue weighted by molar-refractivity contribution is 6.52. The quantitative estimate of drug-likeness (QED) is 0.735. The number of alkyl halides is 3. The Morgan fingerprint density at radius 1 is 1.19 bits per heavy atom. The lowest BCUT2D eigenvalue weighted by Crippen LogP contribution is -2.31. The van der Waals surface area contributed by atoms with Gasteiger partial charge in [-0.2, -0.15) is 13.2 Å². The number of allylic oxidation sites excluding steroid dienone is 1. The first-order chi connectivity index (χ1) is 15.0. The average Bonchev–Trinajstić information content (AvgIpc) is 3.06. The van der Waals surface area contributed by atoms with Crippen molar-refractivity contribution in [3.8, 4) is 5.75 Å². The van der Waals surface area contributed by atoms with Crippen molar-refractivity contribution in [3.05, 3.63) is 65.1 Å². The van der Waals surface area contributed by atoms with Gasteiger partial charge in [-0.3, -0.25) is 9.79 Å². The topological polar surface area (TPSA) is 95.1 Å². The van der Waals surface area contributed by atoms with E-state index in [1.807, 2.05) is 30.8 Å². The maximum Gasteiger partial charge on any atom is 0.490 e. The number of phenols is 1. The molecule has 4 rings (SSSR count). The second kappa shape index (κ2) is 8.74. The molecule has 0 bridgehead atoms. The van der Waals surface area contributed by atoms with Crippen LogP contribution in [0.3, 0.4) is 0 Å². The van der Waals surface area contributed by atoms with Crippen molar-refractivity contribution in [1.82, 2.24) is 9.47 Å². The summed E-state index contributed by atoms with van der Waals surface area (Å²) < 4.78 is 33.7. The number of carboxylic acid groups (broad SMARTS) is 1. The van der Waals surface area contributed by atoms with Gasteiger partial charge in [-0.25, -0.2) is 4.79 Å². The zero-order valence-electron chi connectivity index (χ0n) is 17.2. The predicted octanol–water partition coefficient (Wildman–Crippen LogP) is 3.50. The summed E-state index contributed by atoms with van der Waals surface area (Å²) in [5, 5.41) is 16.4. The highest BCUT2D eigenvalue weighted by atomic mass is 19.4. The van der Waals surface area contributed by atoms with Gasteiger partial charge in [0.25, 0.3) is 0 Å². The molecule has 0 atom stereocenters. The minimum absolute atomic E-state index is 0.0434. The van der Waals surface area contributed by atoms with Crippen LogP contribution < -0.4 is 0 Å². The highest BCUT2D eigenvalue weighted by Crippen LogP contribution is 2.35. The molecule has 0 saturated carbocycles. The van der Waals surface area contributed by atoms with Gasteiger partial charge in [0, 0.05) is 44.3 Å². The van der Waals surface area contributed by atoms with Crippen LogP contribution >= 0.6 is 0 Å². The molecule has 1 aliphatic carbocycles. The fourth-order valence-corrected chi connectivity index (χ4v) is 3.42. The van der Waals surface area contributed by atoms with Crippen molar-refractivity contribution in [3.63, 3.8) is 0 Å². The van der Waals surface area contributed by atoms with Crippen molar-refractivity contribution in [1.29, 1.82) is 0 Å². The summed E-state index contributed by atoms with van der Waals surface area (Å²) in [6.45, 7) is 0.938. The first kappa shape index (κ1) is 22.9. The molecular weight excluding hydrogens is 427 g/mol. The number of aromatic nitrogens is 1. The molecule has 0 amide bonds. The van der Waals surface area contributed by atoms with Crippen molar-refractivity contribution in [2.24, 2.45) is 12.0 Å². The first-order valence-electron chi connectivity index (χ1n) is 9.48. The van der Waals surface area contributed by atoms with Gasteiger partial charge in [0.1, 0.15) is 17.2 Å². The van der Waals surface area contributed by atoms with E-state index in [0.717, 1.165) is 35.5 Å². The molecule has 2 heterocycles. The summed E-state index contributed by atoms with van der Waals surface area (Å²) in [6.07, 6.45) is 3.26. The Balaban J connectivity index is 0.000000360. The number of aliphatic carboxylic acids is 1. The molecule has 0 fully saturated rings. The minimum atomic E-state index is -5.08. The molecule has 0 spiro atoms. The van der Waals surface area contributed by atoms with Gasteiger partial charge < -0.3 is 19.7 Å². The number of aliphatic imine (C=N–C) groups is 1. The highest BCUT2D eigenvalue weighted by Gasteiger charge is 2.38. The second-order valence-corrected chi connectivity index (χ2v) is 7.24. The van der Waals surface area contributed by atoms with Gasteiger partial charge in [0.2, 0.25) is 5.78 Å². The number of phenolic OH excluding ortho intramolecular Hbond substituents is 1. The SMILES string of the molecule is CN1CCc2cn(C)c3c2C1=CC(=NC=Cc1ccc(O)cc1)C3=O.O=C(O)C(F)(F)F. The van der Waals surface area contributed by atoms with E-state index in [4.69, 9.17) is 9.90 Å². The number of aromatic hydroxyl groups is 1. The Morgan fingerprint density at radius 2 is 1.81 bits per heavy atom. The Labute approximate surface area is 181 Å². The molecule has 2 aromatic rings. The molecule has 0 radical (unpaired) electrons. The maximum absolute atomic E-state index is 12.8. The van der Waals surface area contributed by atoms with E-state index in [-0.39, 0.29) is 11.5 Å². The Morgan fingerprint density at radius 3 is 2.41 bits per heavy atom. The van der Waals surface area contributed by atoms with Crippen molar-refractivity contribution < 1.29 is 33.0 Å². The molecule has 1 aliphatic heterocycles. The average molecular weight is 447 g/mol. The number of halogens is 3. The standard InChI is InChI=1S/C20H19N3O2.C2HF3O2/c1-22-10-8-14-12-23(2)19-18(14)17(22)11-16(20(19)25)21-9-7-13-3-5-15(24)6-4-13;3-2(4,5)1(6)7/h3-7,9,11-12,24H,8,10H2,1-2H3;(H,6,7). The number of hydrogen-bond acceptors (Lipinski definition) is 5. The molecule has 2 N–H and O–H groups in total. The number of carbonyl (C=O) groups is 2. The van der Waals surface area contributed by atoms with Crippen LogP contribution in [0.4, 0.5) is 13.2 Å². The third-order valence-electron chi connectivity index (χ3n) is 4.98. The summed E-state index contributed by atoms with van der Waals surface area (Å²) in [6, 6.07) is 6.83. The number of rotatable bonds is 2. The number of hydrogen-bond donors (Lipinski definition) is 2. The molecule has 32 heavy (non-hydrogen) atoms. The number of Topliss-reactive ketones (excluding diaryl/α,β-unsaturated/α-hetero) is 1. The molecule has 0 unspecified atom stereocenters. The zero-order chi connectivity index (χ0) is 23.6. The fourth-order valence-electron chi connectivity index (χ4n) is 3.42. The molecule has 1 aromatic heterocycles. The van der Waals surface area contributed by atoms with Crippen LogP contribution in [0.25, 0.3) is 11.8 Å². The van der Waals surface area contributed by atoms with Crippen LogP contribution in [0.15, 0.2) is 47.7 Å². The van der Waals surface area contributed by atoms with Crippen LogP contribution in [-0.2, 0) is 18.3 Å². The lowest BCUT2D eigenvalue weighted by atomic mass is 9.91. The van der Waals surface area contributed by atoms with Crippen molar-refractivity contribution >= 4 is 29.2 Å². The van der Waals surface area contributed by atoms with E-state index >= 15 is 0 Å². The maximum atomic E-state index is 12.8. The number of nitrogens with zero attached hydrogens (tertiary/aromatic N) is 3. The van der Waals surface area contributed by atoms with E-state index in [1.54, 1.807) is 30.5 Å². The number of ketones is 1. The number of benzene rings is 1. The number of aryl methyl sites for hydroxylation is 1. The van der Waals surface area contributed by atoms with E-state index in [1.165, 1.54) is 5.56 Å². The molecule has 10 heteroatoms. The Hall–Kier alpha value is -3.82. The van der Waals surface area contributed by atoms with Gasteiger partial charge in [0.15, 0.2) is 0 Å². The van der Waals surface area contributed by atoms with E-state index in [0.29, 0.717) is 5.71 Å². The summed E-state index contributed by atoms with van der Waals surface area (Å²) >= 11 is 0. The van der Waals surface area contributed by atoms with Crippen LogP contribution in [0.5, 0.6) is 5.75 Å². The van der Waals surface area contributed by atoms with Crippen LogP contribution in [-0.4, -0.2) is 56.9 Å². The van der Waals surface area contributed by atoms with Crippen molar-refractivity contribution in [2.75, 3.05) is 13.6 Å². The van der Waals surface area contributed by atoms with E-state index in [2.05, 4.69) is 16.1 Å². The molecule has 0 saturated heterocycles. The smallest absolute Gasteiger partial charge is 0.490 e. The molecular formula is C22H20F3N3O4. The van der Waals surface area contributed by atoms with Gasteiger partial charge >= 0.3 is 12.1 Å². The Bertz CT molecular complexity index is 1140. The molecule has 1 aromatic carbocycles. The van der Waals surface area contributed by atoms with Gasteiger partial charge in [0.05, 0.1) is 0 Å². The van der Waals surface area contributed by atoms with Gasteiger partial charge in [-0.05, 0) is 41.8 Å². The fraction of sp³-hybridized carbons (Fsp3) is 0.227. The lowest BCUT2D eigenvalue weighted by Gasteiger charge is -2.30. The monoisotopic (exact) mass is 447 g/mol. The molecule has 168 valence electrons. The first-order valence-corrected chi connectivity index (χ1v) is 9.48. The molecule has 7 nitrogen and oxygen atoms in total. The van der Waals surface area contributed by atoms with Crippen LogP contribution in [0.2, 0.25) is 0 Å². The van der Waals surface area contributed by atoms with E-state index < -0.39 is 12.1 Å². The summed E-state index contributed by atoms with van der Waals surface area (Å²) in [4.78, 5) is 28.3. The van der Waals surface area contributed by atoms with Crippen molar-refractivity contribution in [2.45, 2.75) is 12.6 Å². The third-order valence-corrected chi connectivity index (χ3v) is 4.98. The number of likely N-dealkylation sites (N-methyl/N-ethyl adjacent to an activating group) is 1. The second-order valence-electron chi connectivity index (χ2n) is 7.24.